The number of aliphatic hydroxyl groups excluding tert-OH is 2. The quantitative estimate of drug-likeness (QED) is 0.489. The number of likely N-dealkylation sites (N-methyl/N-ethyl adjacent to an activating group) is 1. The van der Waals surface area contributed by atoms with Crippen LogP contribution in [0.3, 0.4) is 0 Å². The first kappa shape index (κ1) is 24.4. The van der Waals surface area contributed by atoms with Crippen molar-refractivity contribution in [1.29, 1.82) is 0 Å². The highest BCUT2D eigenvalue weighted by Crippen LogP contribution is 2.51. The van der Waals surface area contributed by atoms with Crippen LogP contribution in [-0.2, 0) is 11.8 Å². The van der Waals surface area contributed by atoms with Crippen molar-refractivity contribution < 1.29 is 14.9 Å². The maximum Gasteiger partial charge on any atom is 0.275 e. The fraction of sp³-hybridized carbons (Fsp3) is 0.414. The average molecular weight is 490 g/mol. The number of aromatic amines is 1. The second-order valence-electron chi connectivity index (χ2n) is 10.4. The Kier molecular flexibility index (Phi) is 6.09. The molecule has 0 bridgehead atoms. The number of aryl methyl sites for hydroxylation is 1. The molecule has 0 radical (unpaired) electrons. The molecule has 190 valence electrons. The number of nitrogens with zero attached hydrogens (tertiary/aromatic N) is 2. The number of fused-ring (bicyclic) bond motifs is 1. The van der Waals surface area contributed by atoms with E-state index in [2.05, 4.69) is 23.8 Å². The highest BCUT2D eigenvalue weighted by atomic mass is 16.5. The minimum atomic E-state index is -0.863. The summed E-state index contributed by atoms with van der Waals surface area (Å²) in [5.41, 5.74) is 4.68. The monoisotopic (exact) mass is 489 g/mol. The molecule has 3 N–H and O–H groups in total. The van der Waals surface area contributed by atoms with E-state index in [9.17, 15) is 15.0 Å². The number of hydrogen-bond donors (Lipinski definition) is 3. The van der Waals surface area contributed by atoms with E-state index in [1.807, 2.05) is 68.6 Å². The molecule has 2 unspecified atom stereocenters. The molecule has 0 amide bonds. The summed E-state index contributed by atoms with van der Waals surface area (Å²) in [5, 5.41) is 25.8. The molecule has 1 aromatic heterocycles. The van der Waals surface area contributed by atoms with Crippen molar-refractivity contribution in [1.82, 2.24) is 9.78 Å². The molecule has 7 nitrogen and oxygen atoms in total. The van der Waals surface area contributed by atoms with Crippen LogP contribution in [0.2, 0.25) is 0 Å². The number of hydrogen-bond acceptors (Lipinski definition) is 5. The van der Waals surface area contributed by atoms with Gasteiger partial charge in [0.1, 0.15) is 5.75 Å². The molecule has 2 heterocycles. The normalized spacial score (nSPS) is 25.6. The van der Waals surface area contributed by atoms with Crippen molar-refractivity contribution in [3.8, 4) is 11.4 Å². The summed E-state index contributed by atoms with van der Waals surface area (Å²) in [7, 11) is 3.66. The lowest BCUT2D eigenvalue weighted by molar-refractivity contribution is -0.0953. The Hall–Kier alpha value is -3.29. The SMILES string of the molecule is CCCc1[nH]n(-c2ccccc2)c(=O)c1C1C(O)C(C=C2N(C)c3ccc(OC)cc3C2(C)C)C1O. The van der Waals surface area contributed by atoms with E-state index in [4.69, 9.17) is 4.74 Å². The lowest BCUT2D eigenvalue weighted by atomic mass is 9.64. The van der Waals surface area contributed by atoms with Gasteiger partial charge in [-0.2, -0.15) is 0 Å². The van der Waals surface area contributed by atoms with Gasteiger partial charge in [-0.25, -0.2) is 4.68 Å². The minimum absolute atomic E-state index is 0.211. The molecule has 1 saturated carbocycles. The molecule has 0 saturated heterocycles. The molecule has 36 heavy (non-hydrogen) atoms. The Balaban J connectivity index is 1.49. The Bertz CT molecular complexity index is 1340. The summed E-state index contributed by atoms with van der Waals surface area (Å²) in [5.74, 6) is -0.317. The number of para-hydroxylation sites is 1. The van der Waals surface area contributed by atoms with E-state index in [0.717, 1.165) is 40.5 Å². The van der Waals surface area contributed by atoms with E-state index in [0.29, 0.717) is 12.0 Å². The van der Waals surface area contributed by atoms with E-state index in [-0.39, 0.29) is 11.0 Å². The Morgan fingerprint density at radius 2 is 1.81 bits per heavy atom. The van der Waals surface area contributed by atoms with Crippen LogP contribution in [0, 0.1) is 5.92 Å². The molecular weight excluding hydrogens is 454 g/mol. The lowest BCUT2D eigenvalue weighted by Crippen LogP contribution is -2.54. The Morgan fingerprint density at radius 3 is 2.44 bits per heavy atom. The standard InChI is InChI=1S/C29H35N3O4/c1-6-10-21-24(28(35)32(30-21)17-11-8-7-9-12-17)25-26(33)19(27(25)34)16-23-29(2,3)20-15-18(36-5)13-14-22(20)31(23)4/h7-9,11-16,19,25-27,30,33-34H,6,10H2,1-5H3. The number of nitrogens with one attached hydrogen (secondary N) is 1. The number of aliphatic hydroxyl groups is 2. The number of allylic oxidation sites excluding steroid dienone is 1. The van der Waals surface area contributed by atoms with Crippen LogP contribution in [-0.4, -0.2) is 46.4 Å². The summed E-state index contributed by atoms with van der Waals surface area (Å²) in [6.07, 6.45) is 1.77. The number of methoxy groups -OCH3 is 1. The van der Waals surface area contributed by atoms with Crippen LogP contribution < -0.4 is 15.2 Å². The van der Waals surface area contributed by atoms with Crippen LogP contribution in [0.15, 0.2) is 65.1 Å². The van der Waals surface area contributed by atoms with Gasteiger partial charge in [0.25, 0.3) is 5.56 Å². The van der Waals surface area contributed by atoms with Gasteiger partial charge in [0.05, 0.1) is 25.0 Å². The zero-order valence-electron chi connectivity index (χ0n) is 21.5. The first-order valence-corrected chi connectivity index (χ1v) is 12.6. The van der Waals surface area contributed by atoms with Crippen molar-refractivity contribution in [3.05, 3.63) is 87.5 Å². The molecule has 2 aromatic carbocycles. The summed E-state index contributed by atoms with van der Waals surface area (Å²) in [4.78, 5) is 15.6. The second-order valence-corrected chi connectivity index (χ2v) is 10.4. The van der Waals surface area contributed by atoms with E-state index < -0.39 is 24.0 Å². The summed E-state index contributed by atoms with van der Waals surface area (Å²) < 4.78 is 6.95. The van der Waals surface area contributed by atoms with Crippen LogP contribution >= 0.6 is 0 Å². The van der Waals surface area contributed by atoms with Crippen molar-refractivity contribution in [2.75, 3.05) is 19.1 Å². The first-order valence-electron chi connectivity index (χ1n) is 12.6. The predicted molar refractivity (Wildman–Crippen MR) is 141 cm³/mol. The van der Waals surface area contributed by atoms with Crippen molar-refractivity contribution in [3.63, 3.8) is 0 Å². The van der Waals surface area contributed by atoms with Crippen molar-refractivity contribution >= 4 is 5.69 Å². The predicted octanol–water partition coefficient (Wildman–Crippen LogP) is 3.87. The molecular formula is C29H35N3O4. The van der Waals surface area contributed by atoms with Gasteiger partial charge >= 0.3 is 0 Å². The molecule has 0 spiro atoms. The number of rotatable bonds is 6. The molecule has 1 aliphatic carbocycles. The highest BCUT2D eigenvalue weighted by molar-refractivity contribution is 5.71. The molecule has 2 atom stereocenters. The summed E-state index contributed by atoms with van der Waals surface area (Å²) in [6.45, 7) is 6.33. The number of anilines is 1. The fourth-order valence-electron chi connectivity index (χ4n) is 5.94. The maximum absolute atomic E-state index is 13.5. The van der Waals surface area contributed by atoms with E-state index in [1.54, 1.807) is 7.11 Å². The van der Waals surface area contributed by atoms with Crippen molar-refractivity contribution in [2.24, 2.45) is 5.92 Å². The van der Waals surface area contributed by atoms with Gasteiger partial charge < -0.3 is 19.8 Å². The summed E-state index contributed by atoms with van der Waals surface area (Å²) >= 11 is 0. The first-order chi connectivity index (χ1) is 17.2. The Labute approximate surface area is 211 Å². The van der Waals surface area contributed by atoms with Crippen LogP contribution in [0.25, 0.3) is 5.69 Å². The third kappa shape index (κ3) is 3.61. The van der Waals surface area contributed by atoms with Gasteiger partial charge in [0, 0.05) is 46.9 Å². The molecule has 1 aliphatic heterocycles. The number of ether oxygens (including phenoxy) is 1. The van der Waals surface area contributed by atoms with Crippen LogP contribution in [0.5, 0.6) is 5.75 Å². The molecule has 1 fully saturated rings. The van der Waals surface area contributed by atoms with Gasteiger partial charge in [-0.05, 0) is 42.3 Å². The number of aromatic nitrogens is 2. The number of H-pyrrole nitrogens is 1. The van der Waals surface area contributed by atoms with Gasteiger partial charge in [-0.1, -0.05) is 51.5 Å². The zero-order chi connectivity index (χ0) is 25.8. The summed E-state index contributed by atoms with van der Waals surface area (Å²) in [6, 6.07) is 15.4. The van der Waals surface area contributed by atoms with Crippen molar-refractivity contribution in [2.45, 2.75) is 57.2 Å². The molecule has 2 aliphatic rings. The largest absolute Gasteiger partial charge is 0.497 e. The van der Waals surface area contributed by atoms with Gasteiger partial charge in [-0.15, -0.1) is 0 Å². The van der Waals surface area contributed by atoms with Gasteiger partial charge in [-0.3, -0.25) is 9.89 Å². The fourth-order valence-corrected chi connectivity index (χ4v) is 5.94. The lowest BCUT2D eigenvalue weighted by Gasteiger charge is -2.45. The topological polar surface area (TPSA) is 90.7 Å². The average Bonchev–Trinajstić information content (AvgIpc) is 3.28. The van der Waals surface area contributed by atoms with E-state index in [1.165, 1.54) is 4.68 Å². The maximum atomic E-state index is 13.5. The molecule has 3 aromatic rings. The highest BCUT2D eigenvalue weighted by Gasteiger charge is 2.52. The smallest absolute Gasteiger partial charge is 0.275 e. The minimum Gasteiger partial charge on any atom is -0.497 e. The third-order valence-corrected chi connectivity index (χ3v) is 7.97. The van der Waals surface area contributed by atoms with E-state index >= 15 is 0 Å². The second kappa shape index (κ2) is 8.98. The van der Waals surface area contributed by atoms with Gasteiger partial charge in [0.15, 0.2) is 0 Å². The molecule has 7 heteroatoms. The van der Waals surface area contributed by atoms with Gasteiger partial charge in [0.2, 0.25) is 0 Å². The zero-order valence-corrected chi connectivity index (χ0v) is 21.5. The Morgan fingerprint density at radius 1 is 1.11 bits per heavy atom. The number of benzene rings is 2. The third-order valence-electron chi connectivity index (χ3n) is 7.97. The van der Waals surface area contributed by atoms with Crippen LogP contribution in [0.1, 0.15) is 49.9 Å². The van der Waals surface area contributed by atoms with Crippen LogP contribution in [0.4, 0.5) is 5.69 Å². The molecule has 5 rings (SSSR count).